The molecule has 2 N–H and O–H groups in total. The van der Waals surface area contributed by atoms with E-state index in [0.717, 1.165) is 0 Å². The fourth-order valence-corrected chi connectivity index (χ4v) is 3.02. The largest absolute Gasteiger partial charge is 0.507 e. The molecule has 0 radical (unpaired) electrons. The summed E-state index contributed by atoms with van der Waals surface area (Å²) in [5.74, 6) is -0.178. The molecule has 0 aliphatic heterocycles. The second-order valence-corrected chi connectivity index (χ2v) is 6.64. The highest BCUT2D eigenvalue weighted by Gasteiger charge is 2.15. The van der Waals surface area contributed by atoms with Gasteiger partial charge in [-0.05, 0) is 48.5 Å². The number of anilines is 1. The maximum absolute atomic E-state index is 12.5. The fraction of sp³-hybridized carbons (Fsp3) is 0. The van der Waals surface area contributed by atoms with Crippen molar-refractivity contribution in [3.8, 4) is 17.2 Å². The first kappa shape index (κ1) is 17.4. The molecule has 0 saturated heterocycles. The SMILES string of the molecule is O=C(Nc1ccc(O)c(-c2nc3ccccc3o2)c1)c1cc(Cl)ccc1Cl. The van der Waals surface area contributed by atoms with E-state index in [4.69, 9.17) is 27.6 Å². The van der Waals surface area contributed by atoms with Crippen molar-refractivity contribution in [2.45, 2.75) is 0 Å². The molecule has 134 valence electrons. The van der Waals surface area contributed by atoms with Gasteiger partial charge in [0.2, 0.25) is 5.89 Å². The van der Waals surface area contributed by atoms with Gasteiger partial charge in [0.15, 0.2) is 5.58 Å². The maximum Gasteiger partial charge on any atom is 0.257 e. The fourth-order valence-electron chi connectivity index (χ4n) is 2.64. The van der Waals surface area contributed by atoms with Crippen molar-refractivity contribution >= 4 is 45.9 Å². The van der Waals surface area contributed by atoms with Crippen LogP contribution in [0.3, 0.4) is 0 Å². The first-order valence-corrected chi connectivity index (χ1v) is 8.72. The molecule has 1 heterocycles. The predicted octanol–water partition coefficient (Wildman–Crippen LogP) is 5.76. The third-order valence-corrected chi connectivity index (χ3v) is 4.52. The number of para-hydroxylation sites is 2. The van der Waals surface area contributed by atoms with Gasteiger partial charge in [-0.3, -0.25) is 4.79 Å². The van der Waals surface area contributed by atoms with Crippen LogP contribution in [0.2, 0.25) is 10.0 Å². The molecule has 0 aliphatic rings. The van der Waals surface area contributed by atoms with E-state index in [2.05, 4.69) is 10.3 Å². The number of phenols is 1. The van der Waals surface area contributed by atoms with E-state index < -0.39 is 5.91 Å². The third kappa shape index (κ3) is 3.47. The highest BCUT2D eigenvalue weighted by Crippen LogP contribution is 2.33. The number of halogens is 2. The number of aromatic hydroxyl groups is 1. The van der Waals surface area contributed by atoms with Gasteiger partial charge in [-0.15, -0.1) is 0 Å². The topological polar surface area (TPSA) is 75.4 Å². The van der Waals surface area contributed by atoms with Crippen LogP contribution in [0.5, 0.6) is 5.75 Å². The number of carbonyl (C=O) groups is 1. The predicted molar refractivity (Wildman–Crippen MR) is 106 cm³/mol. The van der Waals surface area contributed by atoms with E-state index >= 15 is 0 Å². The number of nitrogens with one attached hydrogen (secondary N) is 1. The number of nitrogens with zero attached hydrogens (tertiary/aromatic N) is 1. The Morgan fingerprint density at radius 3 is 2.67 bits per heavy atom. The smallest absolute Gasteiger partial charge is 0.257 e. The van der Waals surface area contributed by atoms with Gasteiger partial charge in [0.1, 0.15) is 11.3 Å². The van der Waals surface area contributed by atoms with Crippen LogP contribution in [0.1, 0.15) is 10.4 Å². The number of benzene rings is 3. The van der Waals surface area contributed by atoms with Gasteiger partial charge in [0.25, 0.3) is 5.91 Å². The molecule has 4 rings (SSSR count). The highest BCUT2D eigenvalue weighted by atomic mass is 35.5. The average molecular weight is 399 g/mol. The van der Waals surface area contributed by atoms with Gasteiger partial charge < -0.3 is 14.8 Å². The summed E-state index contributed by atoms with van der Waals surface area (Å²) in [5, 5.41) is 13.6. The van der Waals surface area contributed by atoms with Gasteiger partial charge >= 0.3 is 0 Å². The first-order chi connectivity index (χ1) is 13.0. The van der Waals surface area contributed by atoms with Crippen molar-refractivity contribution in [1.29, 1.82) is 0 Å². The van der Waals surface area contributed by atoms with Crippen LogP contribution in [0.4, 0.5) is 5.69 Å². The zero-order valence-corrected chi connectivity index (χ0v) is 15.3. The number of rotatable bonds is 3. The molecule has 0 unspecified atom stereocenters. The second kappa shape index (κ2) is 6.95. The minimum atomic E-state index is -0.420. The lowest BCUT2D eigenvalue weighted by molar-refractivity contribution is 0.102. The molecule has 27 heavy (non-hydrogen) atoms. The van der Waals surface area contributed by atoms with Crippen LogP contribution in [-0.4, -0.2) is 16.0 Å². The molecule has 0 spiro atoms. The minimum absolute atomic E-state index is 0.0136. The molecule has 7 heteroatoms. The average Bonchev–Trinajstić information content (AvgIpc) is 3.09. The zero-order chi connectivity index (χ0) is 19.0. The molecule has 1 amide bonds. The van der Waals surface area contributed by atoms with E-state index in [-0.39, 0.29) is 22.2 Å². The van der Waals surface area contributed by atoms with Gasteiger partial charge in [0, 0.05) is 10.7 Å². The summed E-state index contributed by atoms with van der Waals surface area (Å²) in [4.78, 5) is 16.9. The minimum Gasteiger partial charge on any atom is -0.507 e. The lowest BCUT2D eigenvalue weighted by Crippen LogP contribution is -2.12. The number of hydrogen-bond donors (Lipinski definition) is 2. The molecule has 0 saturated carbocycles. The van der Waals surface area contributed by atoms with Crippen LogP contribution in [0.15, 0.2) is 65.1 Å². The third-order valence-electron chi connectivity index (χ3n) is 3.95. The summed E-state index contributed by atoms with van der Waals surface area (Å²) in [7, 11) is 0. The number of oxazole rings is 1. The Bertz CT molecular complexity index is 1140. The lowest BCUT2D eigenvalue weighted by Gasteiger charge is -2.09. The Labute approximate surface area is 164 Å². The molecule has 1 aromatic heterocycles. The Kier molecular flexibility index (Phi) is 4.48. The number of fused-ring (bicyclic) bond motifs is 1. The summed E-state index contributed by atoms with van der Waals surface area (Å²) < 4.78 is 5.69. The molecule has 5 nitrogen and oxygen atoms in total. The van der Waals surface area contributed by atoms with Gasteiger partial charge in [-0.1, -0.05) is 35.3 Å². The van der Waals surface area contributed by atoms with Gasteiger partial charge in [-0.2, -0.15) is 0 Å². The monoisotopic (exact) mass is 398 g/mol. The Balaban J connectivity index is 1.68. The van der Waals surface area contributed by atoms with Crippen LogP contribution in [-0.2, 0) is 0 Å². The zero-order valence-electron chi connectivity index (χ0n) is 13.7. The molecule has 0 bridgehead atoms. The van der Waals surface area contributed by atoms with E-state index in [1.165, 1.54) is 12.1 Å². The van der Waals surface area contributed by atoms with E-state index in [1.807, 2.05) is 18.2 Å². The van der Waals surface area contributed by atoms with Crippen LogP contribution >= 0.6 is 23.2 Å². The number of aromatic nitrogens is 1. The number of phenolic OH excluding ortho intramolecular Hbond substituents is 1. The number of hydrogen-bond acceptors (Lipinski definition) is 4. The van der Waals surface area contributed by atoms with Gasteiger partial charge in [0.05, 0.1) is 16.1 Å². The van der Waals surface area contributed by atoms with Crippen molar-refractivity contribution in [3.05, 3.63) is 76.3 Å². The van der Waals surface area contributed by atoms with E-state index in [9.17, 15) is 9.90 Å². The molecule has 0 atom stereocenters. The Morgan fingerprint density at radius 1 is 1.04 bits per heavy atom. The molecule has 0 fully saturated rings. The quantitative estimate of drug-likeness (QED) is 0.430. The summed E-state index contributed by atoms with van der Waals surface area (Å²) in [6.45, 7) is 0. The first-order valence-electron chi connectivity index (χ1n) is 7.96. The van der Waals surface area contributed by atoms with Crippen molar-refractivity contribution in [2.24, 2.45) is 0 Å². The van der Waals surface area contributed by atoms with Crippen molar-refractivity contribution in [1.82, 2.24) is 4.98 Å². The second-order valence-electron chi connectivity index (χ2n) is 5.80. The molecule has 3 aromatic carbocycles. The summed E-state index contributed by atoms with van der Waals surface area (Å²) in [5.41, 5.74) is 2.34. The molecular weight excluding hydrogens is 387 g/mol. The van der Waals surface area contributed by atoms with Gasteiger partial charge in [-0.25, -0.2) is 4.98 Å². The highest BCUT2D eigenvalue weighted by molar-refractivity contribution is 6.36. The van der Waals surface area contributed by atoms with E-state index in [1.54, 1.807) is 30.3 Å². The Hall–Kier alpha value is -3.02. The van der Waals surface area contributed by atoms with Crippen molar-refractivity contribution in [3.63, 3.8) is 0 Å². The molecule has 0 aliphatic carbocycles. The summed E-state index contributed by atoms with van der Waals surface area (Å²) >= 11 is 12.0. The Morgan fingerprint density at radius 2 is 1.85 bits per heavy atom. The maximum atomic E-state index is 12.5. The van der Waals surface area contributed by atoms with Crippen LogP contribution in [0, 0.1) is 0 Å². The van der Waals surface area contributed by atoms with Crippen molar-refractivity contribution in [2.75, 3.05) is 5.32 Å². The van der Waals surface area contributed by atoms with Crippen LogP contribution in [0.25, 0.3) is 22.6 Å². The number of carbonyl (C=O) groups excluding carboxylic acids is 1. The molecule has 4 aromatic rings. The molecular formula is C20H12Cl2N2O3. The standard InChI is InChI=1S/C20H12Cl2N2O3/c21-11-5-7-15(22)13(9-11)19(26)23-12-6-8-17(25)14(10-12)20-24-16-3-1-2-4-18(16)27-20/h1-10,25H,(H,23,26). The van der Waals surface area contributed by atoms with Crippen molar-refractivity contribution < 1.29 is 14.3 Å². The summed E-state index contributed by atoms with van der Waals surface area (Å²) in [6.07, 6.45) is 0. The number of amides is 1. The van der Waals surface area contributed by atoms with Crippen LogP contribution < -0.4 is 5.32 Å². The van der Waals surface area contributed by atoms with E-state index in [0.29, 0.717) is 27.4 Å². The lowest BCUT2D eigenvalue weighted by atomic mass is 10.1. The normalized spacial score (nSPS) is 10.9. The summed E-state index contributed by atoms with van der Waals surface area (Å²) in [6, 6.07) is 16.5.